The van der Waals surface area contributed by atoms with Gasteiger partial charge >= 0.3 is 0 Å². The Bertz CT molecular complexity index is 608. The van der Waals surface area contributed by atoms with E-state index in [1.807, 2.05) is 81.4 Å². The zero-order chi connectivity index (χ0) is 16.2. The van der Waals surface area contributed by atoms with Gasteiger partial charge in [-0.05, 0) is 38.5 Å². The summed E-state index contributed by atoms with van der Waals surface area (Å²) in [4.78, 5) is 0.755. The molecule has 0 aliphatic rings. The van der Waals surface area contributed by atoms with Crippen molar-refractivity contribution in [2.45, 2.75) is 37.2 Å². The van der Waals surface area contributed by atoms with Crippen molar-refractivity contribution < 1.29 is 9.42 Å². The Morgan fingerprint density at radius 2 is 1.45 bits per heavy atom. The number of rotatable bonds is 5. The maximum absolute atomic E-state index is 12.7. The fraction of sp³-hybridized carbons (Fsp3) is 0.333. The Labute approximate surface area is 135 Å². The third-order valence-corrected chi connectivity index (χ3v) is 4.86. The average molecular weight is 316 g/mol. The molecule has 2 aromatic carbocycles. The molecular weight excluding hydrogens is 294 g/mol. The summed E-state index contributed by atoms with van der Waals surface area (Å²) in [6, 6.07) is 18.4. The van der Waals surface area contributed by atoms with Gasteiger partial charge in [0.05, 0.1) is 22.6 Å². The molecule has 0 aromatic heterocycles. The number of hydrogen-bond acceptors (Lipinski definition) is 2. The van der Waals surface area contributed by atoms with Crippen LogP contribution in [0.3, 0.4) is 0 Å². The van der Waals surface area contributed by atoms with E-state index in [0.717, 1.165) is 15.5 Å². The van der Waals surface area contributed by atoms with E-state index in [1.54, 1.807) is 0 Å². The minimum atomic E-state index is -1.21. The highest BCUT2D eigenvalue weighted by atomic mass is 32.2. The highest BCUT2D eigenvalue weighted by molar-refractivity contribution is 7.85. The highest BCUT2D eigenvalue weighted by Crippen LogP contribution is 2.28. The van der Waals surface area contributed by atoms with Gasteiger partial charge in [0.1, 0.15) is 0 Å². The molecule has 2 unspecified atom stereocenters. The van der Waals surface area contributed by atoms with Crippen LogP contribution in [0, 0.1) is 0 Å². The van der Waals surface area contributed by atoms with E-state index < -0.39 is 22.4 Å². The van der Waals surface area contributed by atoms with Gasteiger partial charge in [0, 0.05) is 10.4 Å². The SMILES string of the molecule is CC(C)(C)N([O])C(CS(=O)c1ccccc1)c1ccccc1. The molecule has 1 radical (unpaired) electrons. The van der Waals surface area contributed by atoms with Gasteiger partial charge in [-0.25, -0.2) is 0 Å². The van der Waals surface area contributed by atoms with Gasteiger partial charge < -0.3 is 0 Å². The summed E-state index contributed by atoms with van der Waals surface area (Å²) >= 11 is 0. The van der Waals surface area contributed by atoms with Crippen LogP contribution in [0.2, 0.25) is 0 Å². The summed E-state index contributed by atoms with van der Waals surface area (Å²) in [5, 5.41) is 13.8. The molecule has 2 atom stereocenters. The molecule has 0 aliphatic heterocycles. The molecule has 0 saturated heterocycles. The molecule has 2 aromatic rings. The van der Waals surface area contributed by atoms with Crippen LogP contribution in [-0.2, 0) is 16.0 Å². The van der Waals surface area contributed by atoms with Gasteiger partial charge in [0.2, 0.25) is 0 Å². The van der Waals surface area contributed by atoms with E-state index in [-0.39, 0.29) is 5.75 Å². The first-order valence-corrected chi connectivity index (χ1v) is 8.66. The smallest absolute Gasteiger partial charge is 0.0757 e. The maximum Gasteiger partial charge on any atom is 0.0757 e. The molecule has 117 valence electrons. The van der Waals surface area contributed by atoms with Crippen molar-refractivity contribution in [3.8, 4) is 0 Å². The van der Waals surface area contributed by atoms with Crippen molar-refractivity contribution in [2.24, 2.45) is 0 Å². The zero-order valence-electron chi connectivity index (χ0n) is 13.2. The lowest BCUT2D eigenvalue weighted by Gasteiger charge is -2.34. The van der Waals surface area contributed by atoms with E-state index in [9.17, 15) is 9.42 Å². The predicted molar refractivity (Wildman–Crippen MR) is 89.2 cm³/mol. The van der Waals surface area contributed by atoms with Crippen molar-refractivity contribution in [3.05, 3.63) is 66.2 Å². The quantitative estimate of drug-likeness (QED) is 0.783. The zero-order valence-corrected chi connectivity index (χ0v) is 14.0. The molecular formula is C18H22NO2S. The standard InChI is InChI=1S/C18H22NO2S/c1-18(2,3)19(20)17(15-10-6-4-7-11-15)14-22(21)16-12-8-5-9-13-16/h4-13,17H,14H2,1-3H3. The lowest BCUT2D eigenvalue weighted by atomic mass is 10.0. The van der Waals surface area contributed by atoms with Gasteiger partial charge in [0.25, 0.3) is 0 Å². The van der Waals surface area contributed by atoms with Crippen LogP contribution in [0.15, 0.2) is 65.6 Å². The molecule has 0 heterocycles. The number of benzene rings is 2. The van der Waals surface area contributed by atoms with E-state index in [1.165, 1.54) is 0 Å². The fourth-order valence-corrected chi connectivity index (χ4v) is 3.52. The largest absolute Gasteiger partial charge is 0.254 e. The van der Waals surface area contributed by atoms with Crippen LogP contribution in [-0.4, -0.2) is 20.6 Å². The molecule has 0 N–H and O–H groups in total. The third-order valence-electron chi connectivity index (χ3n) is 3.44. The van der Waals surface area contributed by atoms with Gasteiger partial charge in [-0.2, -0.15) is 0 Å². The maximum atomic E-state index is 12.7. The first-order chi connectivity index (χ1) is 10.4. The Hall–Kier alpha value is -1.49. The van der Waals surface area contributed by atoms with Gasteiger partial charge in [0.15, 0.2) is 0 Å². The summed E-state index contributed by atoms with van der Waals surface area (Å²) in [6.45, 7) is 5.63. The average Bonchev–Trinajstić information content (AvgIpc) is 2.52. The van der Waals surface area contributed by atoms with Crippen LogP contribution >= 0.6 is 0 Å². The fourth-order valence-electron chi connectivity index (χ4n) is 2.25. The minimum Gasteiger partial charge on any atom is -0.254 e. The van der Waals surface area contributed by atoms with Crippen LogP contribution in [0.4, 0.5) is 0 Å². The molecule has 0 spiro atoms. The van der Waals surface area contributed by atoms with Crippen LogP contribution in [0.25, 0.3) is 0 Å². The van der Waals surface area contributed by atoms with Gasteiger partial charge in [-0.1, -0.05) is 48.5 Å². The van der Waals surface area contributed by atoms with Gasteiger partial charge in [-0.15, -0.1) is 10.3 Å². The van der Waals surface area contributed by atoms with Crippen LogP contribution in [0.1, 0.15) is 32.4 Å². The number of hydroxylamine groups is 2. The third kappa shape index (κ3) is 4.26. The summed E-state index contributed by atoms with van der Waals surface area (Å²) in [6.07, 6.45) is 0. The Balaban J connectivity index is 2.28. The number of hydrogen-bond donors (Lipinski definition) is 0. The van der Waals surface area contributed by atoms with Crippen molar-refractivity contribution in [2.75, 3.05) is 5.75 Å². The first-order valence-electron chi connectivity index (χ1n) is 7.34. The monoisotopic (exact) mass is 316 g/mol. The van der Waals surface area contributed by atoms with Crippen LogP contribution in [0.5, 0.6) is 0 Å². The van der Waals surface area contributed by atoms with Crippen molar-refractivity contribution in [1.82, 2.24) is 5.06 Å². The molecule has 22 heavy (non-hydrogen) atoms. The molecule has 0 aliphatic carbocycles. The summed E-state index contributed by atoms with van der Waals surface area (Å²) in [5.41, 5.74) is 0.359. The summed E-state index contributed by atoms with van der Waals surface area (Å²) in [5.74, 6) is 0.287. The van der Waals surface area contributed by atoms with E-state index in [2.05, 4.69) is 0 Å². The second kappa shape index (κ2) is 7.18. The molecule has 0 saturated carbocycles. The van der Waals surface area contributed by atoms with Crippen molar-refractivity contribution in [1.29, 1.82) is 0 Å². The molecule has 4 heteroatoms. The normalized spacial score (nSPS) is 14.8. The Kier molecular flexibility index (Phi) is 5.51. The van der Waals surface area contributed by atoms with Crippen molar-refractivity contribution in [3.63, 3.8) is 0 Å². The molecule has 0 bridgehead atoms. The lowest BCUT2D eigenvalue weighted by molar-refractivity contribution is -0.237. The second-order valence-corrected chi connectivity index (χ2v) is 7.74. The lowest BCUT2D eigenvalue weighted by Crippen LogP contribution is -2.42. The van der Waals surface area contributed by atoms with E-state index >= 15 is 0 Å². The van der Waals surface area contributed by atoms with E-state index in [0.29, 0.717) is 0 Å². The Morgan fingerprint density at radius 1 is 0.955 bits per heavy atom. The first kappa shape index (κ1) is 16.9. The minimum absolute atomic E-state index is 0.287. The molecule has 0 amide bonds. The van der Waals surface area contributed by atoms with E-state index in [4.69, 9.17) is 0 Å². The van der Waals surface area contributed by atoms with Crippen molar-refractivity contribution >= 4 is 10.8 Å². The summed E-state index contributed by atoms with van der Waals surface area (Å²) in [7, 11) is -1.21. The highest BCUT2D eigenvalue weighted by Gasteiger charge is 2.31. The number of nitrogens with zero attached hydrogens (tertiary/aromatic N) is 1. The van der Waals surface area contributed by atoms with Gasteiger partial charge in [-0.3, -0.25) is 4.21 Å². The Morgan fingerprint density at radius 3 is 1.95 bits per heavy atom. The summed E-state index contributed by atoms with van der Waals surface area (Å²) < 4.78 is 12.6. The molecule has 2 rings (SSSR count). The predicted octanol–water partition coefficient (Wildman–Crippen LogP) is 3.98. The topological polar surface area (TPSA) is 40.2 Å². The van der Waals surface area contributed by atoms with Crippen LogP contribution < -0.4 is 0 Å². The second-order valence-electron chi connectivity index (χ2n) is 6.25. The molecule has 3 nitrogen and oxygen atoms in total. The molecule has 0 fully saturated rings.